The average Bonchev–Trinajstić information content (AvgIpc) is 3.23. The Morgan fingerprint density at radius 3 is 2.68 bits per heavy atom. The minimum absolute atomic E-state index is 0.187. The molecule has 0 saturated carbocycles. The Hall–Kier alpha value is -2.62. The van der Waals surface area contributed by atoms with Crippen LogP contribution in [0.25, 0.3) is 5.65 Å². The van der Waals surface area contributed by atoms with Crippen molar-refractivity contribution in [1.82, 2.24) is 25.2 Å². The van der Waals surface area contributed by atoms with Crippen LogP contribution < -0.4 is 10.6 Å². The molecule has 3 rings (SSSR count). The Balaban J connectivity index is 1.69. The van der Waals surface area contributed by atoms with Crippen molar-refractivity contribution in [3.8, 4) is 0 Å². The zero-order valence-electron chi connectivity index (χ0n) is 13.2. The standard InChI is InChI=1S/C15H15F3N6S/c1-19-14(20-7-11-3-2-6-25-11)21-8-13-23-22-12-5-4-10(9-24(12)13)15(16,17)18/h2-6,9H,7-8H2,1H3,(H2,19,20,21). The Kier molecular flexibility index (Phi) is 4.88. The van der Waals surface area contributed by atoms with Gasteiger partial charge >= 0.3 is 6.18 Å². The first-order chi connectivity index (χ1) is 12.0. The van der Waals surface area contributed by atoms with Crippen LogP contribution in [-0.2, 0) is 19.3 Å². The Labute approximate surface area is 145 Å². The molecule has 0 fully saturated rings. The summed E-state index contributed by atoms with van der Waals surface area (Å²) in [4.78, 5) is 5.23. The van der Waals surface area contributed by atoms with Crippen LogP contribution in [0.4, 0.5) is 13.2 Å². The van der Waals surface area contributed by atoms with Crippen LogP contribution >= 0.6 is 11.3 Å². The maximum absolute atomic E-state index is 12.9. The third kappa shape index (κ3) is 4.08. The molecule has 0 bridgehead atoms. The van der Waals surface area contributed by atoms with Gasteiger partial charge in [-0.05, 0) is 23.6 Å². The summed E-state index contributed by atoms with van der Waals surface area (Å²) in [6.45, 7) is 0.794. The first-order valence-corrected chi connectivity index (χ1v) is 8.23. The summed E-state index contributed by atoms with van der Waals surface area (Å²) >= 11 is 1.62. The van der Waals surface area contributed by atoms with Gasteiger partial charge in [0.1, 0.15) is 0 Å². The van der Waals surface area contributed by atoms with Gasteiger partial charge in [-0.2, -0.15) is 13.2 Å². The van der Waals surface area contributed by atoms with E-state index in [4.69, 9.17) is 0 Å². The summed E-state index contributed by atoms with van der Waals surface area (Å²) in [6, 6.07) is 6.24. The van der Waals surface area contributed by atoms with Crippen molar-refractivity contribution in [1.29, 1.82) is 0 Å². The van der Waals surface area contributed by atoms with E-state index in [2.05, 4.69) is 25.8 Å². The van der Waals surface area contributed by atoms with E-state index in [1.807, 2.05) is 17.5 Å². The van der Waals surface area contributed by atoms with Crippen LogP contribution in [0.2, 0.25) is 0 Å². The largest absolute Gasteiger partial charge is 0.417 e. The van der Waals surface area contributed by atoms with Crippen molar-refractivity contribution >= 4 is 22.9 Å². The van der Waals surface area contributed by atoms with Crippen LogP contribution in [0.5, 0.6) is 0 Å². The molecule has 2 N–H and O–H groups in total. The molecule has 3 heterocycles. The number of halogens is 3. The molecule has 10 heteroatoms. The van der Waals surface area contributed by atoms with Crippen LogP contribution in [0, 0.1) is 0 Å². The number of nitrogens with zero attached hydrogens (tertiary/aromatic N) is 4. The van der Waals surface area contributed by atoms with E-state index >= 15 is 0 Å². The van der Waals surface area contributed by atoms with Gasteiger partial charge in [0.25, 0.3) is 0 Å². The maximum atomic E-state index is 12.9. The molecule has 0 aliphatic rings. The van der Waals surface area contributed by atoms with Crippen LogP contribution in [0.3, 0.4) is 0 Å². The first kappa shape index (κ1) is 17.2. The van der Waals surface area contributed by atoms with Gasteiger partial charge in [0.2, 0.25) is 0 Å². The second-order valence-corrected chi connectivity index (χ2v) is 6.15. The molecule has 0 aliphatic carbocycles. The summed E-state index contributed by atoms with van der Waals surface area (Å²) in [6.07, 6.45) is -3.42. The molecule has 0 amide bonds. The van der Waals surface area contributed by atoms with E-state index in [0.29, 0.717) is 24.0 Å². The Morgan fingerprint density at radius 2 is 2.00 bits per heavy atom. The summed E-state index contributed by atoms with van der Waals surface area (Å²) in [5, 5.41) is 15.9. The van der Waals surface area contributed by atoms with Gasteiger partial charge in [0, 0.05) is 18.1 Å². The lowest BCUT2D eigenvalue weighted by atomic mass is 10.3. The molecular weight excluding hydrogens is 353 g/mol. The molecule has 132 valence electrons. The number of hydrogen-bond acceptors (Lipinski definition) is 4. The zero-order chi connectivity index (χ0) is 17.9. The lowest BCUT2D eigenvalue weighted by Gasteiger charge is -2.11. The number of hydrogen-bond donors (Lipinski definition) is 2. The quantitative estimate of drug-likeness (QED) is 0.549. The van der Waals surface area contributed by atoms with Gasteiger partial charge < -0.3 is 10.6 Å². The smallest absolute Gasteiger partial charge is 0.352 e. The molecule has 3 aromatic rings. The SMILES string of the molecule is CN=C(NCc1cccs1)NCc1nnc2ccc(C(F)(F)F)cn12. The third-order valence-corrected chi connectivity index (χ3v) is 4.32. The number of guanidine groups is 1. The third-order valence-electron chi connectivity index (χ3n) is 3.45. The molecule has 6 nitrogen and oxygen atoms in total. The second kappa shape index (κ2) is 7.09. The molecule has 0 aromatic carbocycles. The number of thiophene rings is 1. The van der Waals surface area contributed by atoms with Gasteiger partial charge in [0.15, 0.2) is 17.4 Å². The summed E-state index contributed by atoms with van der Waals surface area (Å²) < 4.78 is 39.9. The van der Waals surface area contributed by atoms with Gasteiger partial charge in [-0.1, -0.05) is 6.07 Å². The number of pyridine rings is 1. The van der Waals surface area contributed by atoms with Crippen LogP contribution in [0.1, 0.15) is 16.3 Å². The average molecular weight is 368 g/mol. The van der Waals surface area contributed by atoms with E-state index in [1.165, 1.54) is 10.5 Å². The maximum Gasteiger partial charge on any atom is 0.417 e. The fourth-order valence-electron chi connectivity index (χ4n) is 2.19. The molecule has 0 saturated heterocycles. The van der Waals surface area contributed by atoms with Crippen molar-refractivity contribution in [2.24, 2.45) is 4.99 Å². The topological polar surface area (TPSA) is 66.6 Å². The zero-order valence-corrected chi connectivity index (χ0v) is 14.0. The summed E-state index contributed by atoms with van der Waals surface area (Å²) in [5.41, 5.74) is -0.396. The second-order valence-electron chi connectivity index (χ2n) is 5.12. The Bertz CT molecular complexity index is 869. The highest BCUT2D eigenvalue weighted by Gasteiger charge is 2.31. The van der Waals surface area contributed by atoms with Crippen molar-refractivity contribution in [2.75, 3.05) is 7.05 Å². The highest BCUT2D eigenvalue weighted by Crippen LogP contribution is 2.29. The number of rotatable bonds is 4. The highest BCUT2D eigenvalue weighted by molar-refractivity contribution is 7.09. The van der Waals surface area contributed by atoms with Crippen molar-refractivity contribution < 1.29 is 13.2 Å². The van der Waals surface area contributed by atoms with Gasteiger partial charge in [0.05, 0.1) is 18.7 Å². The van der Waals surface area contributed by atoms with E-state index in [1.54, 1.807) is 18.4 Å². The van der Waals surface area contributed by atoms with Crippen molar-refractivity contribution in [3.63, 3.8) is 0 Å². The lowest BCUT2D eigenvalue weighted by Crippen LogP contribution is -2.36. The minimum Gasteiger partial charge on any atom is -0.352 e. The van der Waals surface area contributed by atoms with E-state index < -0.39 is 11.7 Å². The number of aromatic nitrogens is 3. The van der Waals surface area contributed by atoms with Gasteiger partial charge in [-0.25, -0.2) is 0 Å². The minimum atomic E-state index is -4.42. The van der Waals surface area contributed by atoms with E-state index in [0.717, 1.165) is 17.1 Å². The highest BCUT2D eigenvalue weighted by atomic mass is 32.1. The van der Waals surface area contributed by atoms with Gasteiger partial charge in [-0.15, -0.1) is 21.5 Å². The predicted octanol–water partition coefficient (Wildman–Crippen LogP) is 2.67. The normalized spacial score (nSPS) is 12.6. The van der Waals surface area contributed by atoms with Crippen LogP contribution in [0.15, 0.2) is 40.8 Å². The molecule has 0 atom stereocenters. The molecule has 0 radical (unpaired) electrons. The first-order valence-electron chi connectivity index (χ1n) is 7.35. The molecule has 0 unspecified atom stereocenters. The number of alkyl halides is 3. The number of aliphatic imine (C=N–C) groups is 1. The summed E-state index contributed by atoms with van der Waals surface area (Å²) in [5.74, 6) is 0.886. The van der Waals surface area contributed by atoms with Crippen molar-refractivity contribution in [3.05, 3.63) is 52.1 Å². The fourth-order valence-corrected chi connectivity index (χ4v) is 2.84. The molecule has 0 aliphatic heterocycles. The van der Waals surface area contributed by atoms with E-state index in [9.17, 15) is 13.2 Å². The molecule has 0 spiro atoms. The van der Waals surface area contributed by atoms with Gasteiger partial charge in [-0.3, -0.25) is 9.39 Å². The molecule has 25 heavy (non-hydrogen) atoms. The molecule has 3 aromatic heterocycles. The monoisotopic (exact) mass is 368 g/mol. The van der Waals surface area contributed by atoms with Crippen LogP contribution in [-0.4, -0.2) is 27.6 Å². The summed E-state index contributed by atoms with van der Waals surface area (Å²) in [7, 11) is 1.62. The lowest BCUT2D eigenvalue weighted by molar-refractivity contribution is -0.137. The number of fused-ring (bicyclic) bond motifs is 1. The molecular formula is C15H15F3N6S. The fraction of sp³-hybridized carbons (Fsp3) is 0.267. The number of nitrogens with one attached hydrogen (secondary N) is 2. The predicted molar refractivity (Wildman–Crippen MR) is 89.3 cm³/mol. The van der Waals surface area contributed by atoms with Crippen molar-refractivity contribution in [2.45, 2.75) is 19.3 Å². The van der Waals surface area contributed by atoms with E-state index in [-0.39, 0.29) is 6.54 Å². The Morgan fingerprint density at radius 1 is 1.20 bits per heavy atom.